The van der Waals surface area contributed by atoms with Gasteiger partial charge in [-0.1, -0.05) is 23.2 Å². The van der Waals surface area contributed by atoms with Gasteiger partial charge in [0.2, 0.25) is 0 Å². The Hall–Kier alpha value is -1.71. The SMILES string of the molecule is Cc1ccc2c(c1)C(N)=Nc1cc(Cl)ccc1N2.Cl. The van der Waals surface area contributed by atoms with Crippen LogP contribution in [0.4, 0.5) is 17.1 Å². The van der Waals surface area contributed by atoms with Crippen molar-refractivity contribution in [3.05, 3.63) is 52.5 Å². The number of anilines is 2. The molecule has 0 bridgehead atoms. The molecule has 0 amide bonds. The largest absolute Gasteiger partial charge is 0.383 e. The molecule has 0 radical (unpaired) electrons. The Bertz CT molecular complexity index is 666. The van der Waals surface area contributed by atoms with Crippen molar-refractivity contribution in [1.82, 2.24) is 0 Å². The van der Waals surface area contributed by atoms with Crippen molar-refractivity contribution in [3.8, 4) is 0 Å². The maximum absolute atomic E-state index is 6.05. The van der Waals surface area contributed by atoms with Crippen LogP contribution in [0.1, 0.15) is 11.1 Å². The highest BCUT2D eigenvalue weighted by Gasteiger charge is 2.14. The molecule has 1 heterocycles. The molecular weight excluding hydrogens is 281 g/mol. The maximum Gasteiger partial charge on any atom is 0.133 e. The molecule has 2 aromatic rings. The highest BCUT2D eigenvalue weighted by Crippen LogP contribution is 2.35. The number of rotatable bonds is 0. The molecule has 2 aromatic carbocycles. The van der Waals surface area contributed by atoms with Gasteiger partial charge in [0.1, 0.15) is 5.84 Å². The molecule has 0 aliphatic carbocycles. The van der Waals surface area contributed by atoms with Gasteiger partial charge in [-0.05, 0) is 37.3 Å². The van der Waals surface area contributed by atoms with Gasteiger partial charge in [0.25, 0.3) is 0 Å². The predicted octanol–water partition coefficient (Wildman–Crippen LogP) is 4.16. The van der Waals surface area contributed by atoms with Gasteiger partial charge in [-0.3, -0.25) is 0 Å². The number of hydrogen-bond donors (Lipinski definition) is 2. The third-order valence-electron chi connectivity index (χ3n) is 2.92. The van der Waals surface area contributed by atoms with Crippen molar-refractivity contribution in [1.29, 1.82) is 0 Å². The first kappa shape index (κ1) is 13.7. The lowest BCUT2D eigenvalue weighted by Crippen LogP contribution is -2.13. The molecule has 0 atom stereocenters. The molecule has 0 fully saturated rings. The van der Waals surface area contributed by atoms with Crippen molar-refractivity contribution < 1.29 is 0 Å². The number of aryl methyl sites for hydroxylation is 1. The molecule has 3 nitrogen and oxygen atoms in total. The molecule has 98 valence electrons. The van der Waals surface area contributed by atoms with Gasteiger partial charge in [0.05, 0.1) is 11.4 Å². The topological polar surface area (TPSA) is 50.4 Å². The zero-order chi connectivity index (χ0) is 12.7. The van der Waals surface area contributed by atoms with Crippen LogP contribution < -0.4 is 11.1 Å². The summed E-state index contributed by atoms with van der Waals surface area (Å²) in [6, 6.07) is 11.6. The second-order valence-electron chi connectivity index (χ2n) is 4.33. The summed E-state index contributed by atoms with van der Waals surface area (Å²) in [7, 11) is 0. The van der Waals surface area contributed by atoms with Gasteiger partial charge in [0.15, 0.2) is 0 Å². The lowest BCUT2D eigenvalue weighted by atomic mass is 10.1. The third-order valence-corrected chi connectivity index (χ3v) is 3.16. The van der Waals surface area contributed by atoms with E-state index in [9.17, 15) is 0 Å². The summed E-state index contributed by atoms with van der Waals surface area (Å²) >= 11 is 5.98. The van der Waals surface area contributed by atoms with Gasteiger partial charge in [-0.2, -0.15) is 0 Å². The lowest BCUT2D eigenvalue weighted by molar-refractivity contribution is 1.43. The first-order valence-electron chi connectivity index (χ1n) is 5.65. The fourth-order valence-electron chi connectivity index (χ4n) is 2.02. The fourth-order valence-corrected chi connectivity index (χ4v) is 2.18. The normalized spacial score (nSPS) is 12.2. The van der Waals surface area contributed by atoms with E-state index < -0.39 is 0 Å². The fraction of sp³-hybridized carbons (Fsp3) is 0.0714. The molecule has 19 heavy (non-hydrogen) atoms. The Balaban J connectivity index is 0.00000133. The predicted molar refractivity (Wildman–Crippen MR) is 83.5 cm³/mol. The molecule has 1 aliphatic heterocycles. The summed E-state index contributed by atoms with van der Waals surface area (Å²) in [5.41, 5.74) is 10.7. The molecule has 0 saturated carbocycles. The Kier molecular flexibility index (Phi) is 3.69. The number of amidine groups is 1. The van der Waals surface area contributed by atoms with Crippen LogP contribution in [-0.4, -0.2) is 5.84 Å². The monoisotopic (exact) mass is 293 g/mol. The number of aliphatic imine (C=N–C) groups is 1. The van der Waals surface area contributed by atoms with Crippen molar-refractivity contribution >= 4 is 46.9 Å². The minimum Gasteiger partial charge on any atom is -0.383 e. The maximum atomic E-state index is 6.05. The van der Waals surface area contributed by atoms with Crippen LogP contribution in [0.5, 0.6) is 0 Å². The molecule has 0 unspecified atom stereocenters. The Morgan fingerprint density at radius 1 is 1.11 bits per heavy atom. The van der Waals surface area contributed by atoms with Crippen LogP contribution in [0.15, 0.2) is 41.4 Å². The number of nitrogens with two attached hydrogens (primary N) is 1. The van der Waals surface area contributed by atoms with Gasteiger partial charge in [-0.25, -0.2) is 4.99 Å². The van der Waals surface area contributed by atoms with Crippen LogP contribution in [0, 0.1) is 6.92 Å². The number of halogens is 2. The number of nitrogens with zero attached hydrogens (tertiary/aromatic N) is 1. The summed E-state index contributed by atoms with van der Waals surface area (Å²) < 4.78 is 0. The Morgan fingerprint density at radius 2 is 1.84 bits per heavy atom. The number of hydrogen-bond acceptors (Lipinski definition) is 3. The third kappa shape index (κ3) is 2.53. The minimum absolute atomic E-state index is 0. The molecule has 3 rings (SSSR count). The van der Waals surface area contributed by atoms with Crippen molar-refractivity contribution in [2.75, 3.05) is 5.32 Å². The average molecular weight is 294 g/mol. The van der Waals surface area contributed by atoms with Gasteiger partial charge < -0.3 is 11.1 Å². The molecule has 3 N–H and O–H groups in total. The number of benzene rings is 2. The highest BCUT2D eigenvalue weighted by molar-refractivity contribution is 6.31. The van der Waals surface area contributed by atoms with Crippen molar-refractivity contribution in [2.24, 2.45) is 10.7 Å². The van der Waals surface area contributed by atoms with E-state index in [1.165, 1.54) is 0 Å². The van der Waals surface area contributed by atoms with E-state index >= 15 is 0 Å². The smallest absolute Gasteiger partial charge is 0.133 e. The van der Waals surface area contributed by atoms with E-state index in [0.717, 1.165) is 28.2 Å². The van der Waals surface area contributed by atoms with Crippen LogP contribution in [-0.2, 0) is 0 Å². The van der Waals surface area contributed by atoms with Crippen LogP contribution in [0.3, 0.4) is 0 Å². The first-order valence-corrected chi connectivity index (χ1v) is 6.03. The van der Waals surface area contributed by atoms with Crippen molar-refractivity contribution in [2.45, 2.75) is 6.92 Å². The van der Waals surface area contributed by atoms with E-state index in [0.29, 0.717) is 10.9 Å². The van der Waals surface area contributed by atoms with Gasteiger partial charge >= 0.3 is 0 Å². The van der Waals surface area contributed by atoms with Crippen LogP contribution in [0.2, 0.25) is 5.02 Å². The summed E-state index contributed by atoms with van der Waals surface area (Å²) in [4.78, 5) is 4.43. The summed E-state index contributed by atoms with van der Waals surface area (Å²) in [5, 5.41) is 3.98. The van der Waals surface area contributed by atoms with E-state index in [1.54, 1.807) is 6.07 Å². The molecule has 1 aliphatic rings. The zero-order valence-electron chi connectivity index (χ0n) is 10.3. The molecule has 0 saturated heterocycles. The van der Waals surface area contributed by atoms with Gasteiger partial charge in [-0.15, -0.1) is 12.4 Å². The second-order valence-corrected chi connectivity index (χ2v) is 4.77. The highest BCUT2D eigenvalue weighted by atomic mass is 35.5. The van der Waals surface area contributed by atoms with E-state index in [1.807, 2.05) is 37.3 Å². The molecule has 5 heteroatoms. The van der Waals surface area contributed by atoms with Crippen LogP contribution in [0.25, 0.3) is 0 Å². The van der Waals surface area contributed by atoms with Gasteiger partial charge in [0, 0.05) is 16.3 Å². The van der Waals surface area contributed by atoms with Crippen molar-refractivity contribution in [3.63, 3.8) is 0 Å². The lowest BCUT2D eigenvalue weighted by Gasteiger charge is -2.09. The molecular formula is C14H13Cl2N3. The number of fused-ring (bicyclic) bond motifs is 2. The summed E-state index contributed by atoms with van der Waals surface area (Å²) in [5.74, 6) is 0.502. The average Bonchev–Trinajstić information content (AvgIpc) is 2.46. The van der Waals surface area contributed by atoms with E-state index in [2.05, 4.69) is 10.3 Å². The van der Waals surface area contributed by atoms with E-state index in [4.69, 9.17) is 17.3 Å². The standard InChI is InChI=1S/C14H12ClN3.ClH/c1-8-2-4-11-10(6-8)14(16)18-13-7-9(15)3-5-12(13)17-11;/h2-7,17H,1H3,(H2,16,18);1H. The summed E-state index contributed by atoms with van der Waals surface area (Å²) in [6.45, 7) is 2.03. The quantitative estimate of drug-likeness (QED) is 0.766. The number of nitrogens with one attached hydrogen (secondary N) is 1. The zero-order valence-corrected chi connectivity index (χ0v) is 11.8. The summed E-state index contributed by atoms with van der Waals surface area (Å²) in [6.07, 6.45) is 0. The molecule has 0 spiro atoms. The second kappa shape index (κ2) is 5.11. The molecule has 0 aromatic heterocycles. The Morgan fingerprint density at radius 3 is 2.63 bits per heavy atom. The van der Waals surface area contributed by atoms with E-state index in [-0.39, 0.29) is 12.4 Å². The first-order chi connectivity index (χ1) is 8.63. The Labute approximate surface area is 122 Å². The van der Waals surface area contributed by atoms with Crippen LogP contribution >= 0.6 is 24.0 Å². The minimum atomic E-state index is 0.